The summed E-state index contributed by atoms with van der Waals surface area (Å²) in [4.78, 5) is 1.26. The standard InChI is InChI=1S/C24H28N2O4S2/c1-18-12-13-19(16-24(18)32(25,27)28)23(31-20-8-4-3-5-9-20)17-26-14-15-30-22-11-7-6-10-21(22)29-2/h3-13,16,23,26H,14-15,17H2,1-2H3,(H2,25,27,28). The summed E-state index contributed by atoms with van der Waals surface area (Å²) < 4.78 is 35.1. The number of hydrogen-bond acceptors (Lipinski definition) is 6. The van der Waals surface area contributed by atoms with E-state index in [1.807, 2.05) is 60.7 Å². The van der Waals surface area contributed by atoms with Crippen molar-refractivity contribution < 1.29 is 17.9 Å². The first-order valence-electron chi connectivity index (χ1n) is 10.2. The molecule has 3 N–H and O–H groups in total. The molecule has 0 bridgehead atoms. The van der Waals surface area contributed by atoms with E-state index in [9.17, 15) is 8.42 Å². The summed E-state index contributed by atoms with van der Waals surface area (Å²) in [6.45, 7) is 3.47. The van der Waals surface area contributed by atoms with Gasteiger partial charge in [0.1, 0.15) is 6.61 Å². The van der Waals surface area contributed by atoms with E-state index < -0.39 is 10.0 Å². The Morgan fingerprint density at radius 1 is 1.00 bits per heavy atom. The maximum absolute atomic E-state index is 12.0. The van der Waals surface area contributed by atoms with Crippen LogP contribution in [-0.4, -0.2) is 35.2 Å². The molecule has 3 aromatic carbocycles. The van der Waals surface area contributed by atoms with E-state index in [2.05, 4.69) is 5.32 Å². The van der Waals surface area contributed by atoms with Gasteiger partial charge in [-0.1, -0.05) is 42.5 Å². The van der Waals surface area contributed by atoms with Gasteiger partial charge in [0.2, 0.25) is 10.0 Å². The average Bonchev–Trinajstić information content (AvgIpc) is 2.78. The number of rotatable bonds is 11. The zero-order valence-electron chi connectivity index (χ0n) is 18.2. The van der Waals surface area contributed by atoms with Crippen LogP contribution in [0.1, 0.15) is 16.4 Å². The number of methoxy groups -OCH3 is 1. The molecular formula is C24H28N2O4S2. The van der Waals surface area contributed by atoms with Crippen LogP contribution in [0, 0.1) is 6.92 Å². The minimum Gasteiger partial charge on any atom is -0.493 e. The molecule has 0 spiro atoms. The Balaban J connectivity index is 1.68. The fourth-order valence-corrected chi connectivity index (χ4v) is 5.16. The van der Waals surface area contributed by atoms with Crippen molar-refractivity contribution in [1.82, 2.24) is 5.32 Å². The zero-order valence-corrected chi connectivity index (χ0v) is 19.8. The number of sulfonamides is 1. The highest BCUT2D eigenvalue weighted by Crippen LogP contribution is 2.36. The lowest BCUT2D eigenvalue weighted by molar-refractivity contribution is 0.292. The Morgan fingerprint density at radius 3 is 2.38 bits per heavy atom. The summed E-state index contributed by atoms with van der Waals surface area (Å²) in [5.74, 6) is 1.39. The van der Waals surface area contributed by atoms with Gasteiger partial charge in [0.25, 0.3) is 0 Å². The highest BCUT2D eigenvalue weighted by atomic mass is 32.2. The molecule has 170 valence electrons. The molecule has 0 aliphatic rings. The molecule has 0 fully saturated rings. The first-order valence-corrected chi connectivity index (χ1v) is 12.6. The lowest BCUT2D eigenvalue weighted by Crippen LogP contribution is -2.25. The predicted molar refractivity (Wildman–Crippen MR) is 129 cm³/mol. The molecule has 3 rings (SSSR count). The van der Waals surface area contributed by atoms with Gasteiger partial charge in [-0.3, -0.25) is 0 Å². The van der Waals surface area contributed by atoms with Crippen molar-refractivity contribution in [3.8, 4) is 11.5 Å². The average molecular weight is 473 g/mol. The van der Waals surface area contributed by atoms with Crippen LogP contribution in [-0.2, 0) is 10.0 Å². The van der Waals surface area contributed by atoms with Crippen molar-refractivity contribution in [1.29, 1.82) is 0 Å². The van der Waals surface area contributed by atoms with Gasteiger partial charge < -0.3 is 14.8 Å². The number of primary sulfonamides is 1. The van der Waals surface area contributed by atoms with Crippen molar-refractivity contribution in [2.45, 2.75) is 22.0 Å². The van der Waals surface area contributed by atoms with Crippen LogP contribution in [0.25, 0.3) is 0 Å². The number of nitrogens with one attached hydrogen (secondary N) is 1. The quantitative estimate of drug-likeness (QED) is 0.322. The lowest BCUT2D eigenvalue weighted by atomic mass is 10.1. The largest absolute Gasteiger partial charge is 0.493 e. The third kappa shape index (κ3) is 6.74. The number of hydrogen-bond donors (Lipinski definition) is 2. The predicted octanol–water partition coefficient (Wildman–Crippen LogP) is 4.15. The molecule has 0 saturated carbocycles. The Morgan fingerprint density at radius 2 is 1.69 bits per heavy atom. The highest BCUT2D eigenvalue weighted by Gasteiger charge is 2.18. The van der Waals surface area contributed by atoms with E-state index >= 15 is 0 Å². The molecule has 32 heavy (non-hydrogen) atoms. The van der Waals surface area contributed by atoms with Crippen molar-refractivity contribution in [3.63, 3.8) is 0 Å². The molecule has 0 aliphatic heterocycles. The Kier molecular flexibility index (Phi) is 8.58. The zero-order chi connectivity index (χ0) is 23.0. The van der Waals surface area contributed by atoms with E-state index in [1.165, 1.54) is 0 Å². The van der Waals surface area contributed by atoms with Gasteiger partial charge in [0, 0.05) is 23.2 Å². The summed E-state index contributed by atoms with van der Waals surface area (Å²) in [6.07, 6.45) is 0. The molecule has 1 atom stereocenters. The molecule has 8 heteroatoms. The maximum Gasteiger partial charge on any atom is 0.238 e. The summed E-state index contributed by atoms with van der Waals surface area (Å²) in [6, 6.07) is 23.0. The monoisotopic (exact) mass is 472 g/mol. The molecule has 0 aromatic heterocycles. The third-order valence-electron chi connectivity index (χ3n) is 4.85. The van der Waals surface area contributed by atoms with Crippen LogP contribution in [0.3, 0.4) is 0 Å². The van der Waals surface area contributed by atoms with Crippen LogP contribution in [0.4, 0.5) is 0 Å². The molecule has 0 saturated heterocycles. The van der Waals surface area contributed by atoms with Gasteiger partial charge in [-0.25, -0.2) is 13.6 Å². The summed E-state index contributed by atoms with van der Waals surface area (Å²) in [7, 11) is -2.18. The van der Waals surface area contributed by atoms with Gasteiger partial charge in [-0.2, -0.15) is 0 Å². The summed E-state index contributed by atoms with van der Waals surface area (Å²) in [5.41, 5.74) is 1.53. The Labute approximate surface area is 194 Å². The topological polar surface area (TPSA) is 90.7 Å². The molecular weight excluding hydrogens is 444 g/mol. The van der Waals surface area contributed by atoms with E-state index in [4.69, 9.17) is 14.6 Å². The Bertz CT molecular complexity index is 1120. The SMILES string of the molecule is COc1ccccc1OCCNCC(Sc1ccccc1)c1ccc(C)c(S(N)(=O)=O)c1. The summed E-state index contributed by atoms with van der Waals surface area (Å²) >= 11 is 1.67. The third-order valence-corrected chi connectivity index (χ3v) is 7.17. The number of aryl methyl sites for hydroxylation is 1. The molecule has 0 aliphatic carbocycles. The van der Waals surface area contributed by atoms with E-state index in [1.54, 1.807) is 37.9 Å². The minimum absolute atomic E-state index is 0.00948. The van der Waals surface area contributed by atoms with E-state index in [0.717, 1.165) is 10.5 Å². The number of para-hydroxylation sites is 2. The molecule has 3 aromatic rings. The lowest BCUT2D eigenvalue weighted by Gasteiger charge is -2.19. The highest BCUT2D eigenvalue weighted by molar-refractivity contribution is 7.99. The van der Waals surface area contributed by atoms with Crippen molar-refractivity contribution in [2.75, 3.05) is 26.8 Å². The first-order chi connectivity index (χ1) is 15.4. The molecule has 0 radical (unpaired) electrons. The smallest absolute Gasteiger partial charge is 0.238 e. The first kappa shape index (κ1) is 24.1. The normalized spacial score (nSPS) is 12.3. The fraction of sp³-hybridized carbons (Fsp3) is 0.250. The van der Waals surface area contributed by atoms with Crippen LogP contribution in [0.5, 0.6) is 11.5 Å². The van der Waals surface area contributed by atoms with Crippen LogP contribution in [0.2, 0.25) is 0 Å². The van der Waals surface area contributed by atoms with E-state index in [-0.39, 0.29) is 10.1 Å². The minimum atomic E-state index is -3.79. The molecule has 1 unspecified atom stereocenters. The van der Waals surface area contributed by atoms with Crippen molar-refractivity contribution in [2.24, 2.45) is 5.14 Å². The van der Waals surface area contributed by atoms with Crippen LogP contribution >= 0.6 is 11.8 Å². The van der Waals surface area contributed by atoms with Gasteiger partial charge in [-0.05, 0) is 48.4 Å². The Hall–Kier alpha value is -2.52. The van der Waals surface area contributed by atoms with Crippen LogP contribution in [0.15, 0.2) is 82.6 Å². The second-order valence-corrected chi connectivity index (χ2v) is 10.00. The van der Waals surface area contributed by atoms with Gasteiger partial charge in [0.15, 0.2) is 11.5 Å². The van der Waals surface area contributed by atoms with E-state index in [0.29, 0.717) is 36.8 Å². The second-order valence-electron chi connectivity index (χ2n) is 7.19. The molecule has 0 amide bonds. The van der Waals surface area contributed by atoms with Gasteiger partial charge in [0.05, 0.1) is 12.0 Å². The number of nitrogens with two attached hydrogens (primary N) is 1. The molecule has 6 nitrogen and oxygen atoms in total. The number of ether oxygens (including phenoxy) is 2. The van der Waals surface area contributed by atoms with Crippen LogP contribution < -0.4 is 19.9 Å². The van der Waals surface area contributed by atoms with Gasteiger partial charge in [-0.15, -0.1) is 11.8 Å². The van der Waals surface area contributed by atoms with Gasteiger partial charge >= 0.3 is 0 Å². The summed E-state index contributed by atoms with van der Waals surface area (Å²) in [5, 5.41) is 8.83. The number of thioether (sulfide) groups is 1. The maximum atomic E-state index is 12.0. The second kappa shape index (κ2) is 11.4. The van der Waals surface area contributed by atoms with Crippen molar-refractivity contribution in [3.05, 3.63) is 83.9 Å². The molecule has 0 heterocycles. The van der Waals surface area contributed by atoms with Crippen molar-refractivity contribution >= 4 is 21.8 Å². The fourth-order valence-electron chi connectivity index (χ4n) is 3.22. The number of benzene rings is 3.